The second-order valence-electron chi connectivity index (χ2n) is 4.08. The van der Waals surface area contributed by atoms with Gasteiger partial charge in [0, 0.05) is 6.54 Å². The minimum atomic E-state index is -0.518. The SMILES string of the molecule is CCCC(C)COc1nc(NCC)ncc1F. The van der Waals surface area contributed by atoms with Gasteiger partial charge in [0.2, 0.25) is 11.8 Å². The van der Waals surface area contributed by atoms with Crippen molar-refractivity contribution >= 4 is 5.95 Å². The summed E-state index contributed by atoms with van der Waals surface area (Å²) in [6.07, 6.45) is 3.29. The quantitative estimate of drug-likeness (QED) is 0.797. The van der Waals surface area contributed by atoms with Crippen molar-refractivity contribution in [2.24, 2.45) is 5.92 Å². The molecular weight excluding hydrogens is 221 g/mol. The molecule has 1 N–H and O–H groups in total. The monoisotopic (exact) mass is 241 g/mol. The first-order valence-corrected chi connectivity index (χ1v) is 6.06. The minimum absolute atomic E-state index is 0.0268. The van der Waals surface area contributed by atoms with E-state index in [2.05, 4.69) is 29.1 Å². The van der Waals surface area contributed by atoms with Crippen LogP contribution in [0.3, 0.4) is 0 Å². The van der Waals surface area contributed by atoms with Crippen LogP contribution in [0.25, 0.3) is 0 Å². The summed E-state index contributed by atoms with van der Waals surface area (Å²) in [7, 11) is 0. The summed E-state index contributed by atoms with van der Waals surface area (Å²) in [5.74, 6) is 0.304. The van der Waals surface area contributed by atoms with E-state index >= 15 is 0 Å². The third-order valence-electron chi connectivity index (χ3n) is 2.33. The molecule has 0 saturated carbocycles. The molecule has 1 atom stereocenters. The Hall–Kier alpha value is -1.39. The third-order valence-corrected chi connectivity index (χ3v) is 2.33. The number of rotatable bonds is 7. The Morgan fingerprint density at radius 2 is 2.24 bits per heavy atom. The van der Waals surface area contributed by atoms with E-state index in [0.29, 0.717) is 25.0 Å². The van der Waals surface area contributed by atoms with Crippen molar-refractivity contribution in [3.63, 3.8) is 0 Å². The molecule has 0 aliphatic heterocycles. The highest BCUT2D eigenvalue weighted by Gasteiger charge is 2.09. The number of nitrogens with one attached hydrogen (secondary N) is 1. The molecule has 4 nitrogen and oxygen atoms in total. The zero-order valence-corrected chi connectivity index (χ0v) is 10.7. The van der Waals surface area contributed by atoms with Crippen molar-refractivity contribution in [2.45, 2.75) is 33.6 Å². The topological polar surface area (TPSA) is 47.0 Å². The summed E-state index contributed by atoms with van der Waals surface area (Å²) in [4.78, 5) is 7.79. The van der Waals surface area contributed by atoms with Gasteiger partial charge in [-0.05, 0) is 19.3 Å². The third kappa shape index (κ3) is 4.54. The Balaban J connectivity index is 2.59. The van der Waals surface area contributed by atoms with Gasteiger partial charge in [0.15, 0.2) is 0 Å². The Morgan fingerprint density at radius 3 is 2.88 bits per heavy atom. The van der Waals surface area contributed by atoms with Crippen LogP contribution in [0, 0.1) is 11.7 Å². The average molecular weight is 241 g/mol. The van der Waals surface area contributed by atoms with Gasteiger partial charge in [0.05, 0.1) is 12.8 Å². The highest BCUT2D eigenvalue weighted by Crippen LogP contribution is 2.16. The number of halogens is 1. The fraction of sp³-hybridized carbons (Fsp3) is 0.667. The van der Waals surface area contributed by atoms with E-state index in [4.69, 9.17) is 4.74 Å². The van der Waals surface area contributed by atoms with Crippen LogP contribution >= 0.6 is 0 Å². The number of anilines is 1. The van der Waals surface area contributed by atoms with Crippen LogP contribution in [0.15, 0.2) is 6.20 Å². The largest absolute Gasteiger partial charge is 0.475 e. The molecule has 1 aromatic heterocycles. The molecule has 0 aliphatic carbocycles. The van der Waals surface area contributed by atoms with Crippen LogP contribution in [0.2, 0.25) is 0 Å². The molecule has 0 aliphatic rings. The Kier molecular flexibility index (Phi) is 5.66. The lowest BCUT2D eigenvalue weighted by Gasteiger charge is -2.12. The fourth-order valence-corrected chi connectivity index (χ4v) is 1.49. The van der Waals surface area contributed by atoms with Crippen LogP contribution in [0.4, 0.5) is 10.3 Å². The van der Waals surface area contributed by atoms with E-state index in [1.807, 2.05) is 6.92 Å². The van der Waals surface area contributed by atoms with E-state index in [0.717, 1.165) is 19.0 Å². The van der Waals surface area contributed by atoms with Crippen molar-refractivity contribution in [1.82, 2.24) is 9.97 Å². The van der Waals surface area contributed by atoms with E-state index < -0.39 is 5.82 Å². The van der Waals surface area contributed by atoms with Gasteiger partial charge < -0.3 is 10.1 Å². The lowest BCUT2D eigenvalue weighted by molar-refractivity contribution is 0.232. The van der Waals surface area contributed by atoms with Gasteiger partial charge in [-0.2, -0.15) is 9.37 Å². The normalized spacial score (nSPS) is 12.2. The van der Waals surface area contributed by atoms with Gasteiger partial charge >= 0.3 is 0 Å². The maximum Gasteiger partial charge on any atom is 0.255 e. The Labute approximate surface area is 102 Å². The summed E-state index contributed by atoms with van der Waals surface area (Å²) in [6.45, 7) is 7.29. The minimum Gasteiger partial charge on any atom is -0.475 e. The lowest BCUT2D eigenvalue weighted by atomic mass is 10.1. The Bertz CT molecular complexity index is 347. The molecule has 0 spiro atoms. The molecular formula is C12H20FN3O. The van der Waals surface area contributed by atoms with Crippen molar-refractivity contribution in [3.05, 3.63) is 12.0 Å². The predicted octanol–water partition coefficient (Wildman–Crippen LogP) is 2.86. The van der Waals surface area contributed by atoms with Gasteiger partial charge in [-0.25, -0.2) is 4.98 Å². The summed E-state index contributed by atoms with van der Waals surface area (Å²) in [5.41, 5.74) is 0. The van der Waals surface area contributed by atoms with Crippen LogP contribution in [0.5, 0.6) is 5.88 Å². The van der Waals surface area contributed by atoms with Gasteiger partial charge in [-0.15, -0.1) is 0 Å². The number of hydrogen-bond donors (Lipinski definition) is 1. The van der Waals surface area contributed by atoms with Crippen LogP contribution in [0.1, 0.15) is 33.6 Å². The summed E-state index contributed by atoms with van der Waals surface area (Å²) in [6, 6.07) is 0. The van der Waals surface area contributed by atoms with Crippen molar-refractivity contribution in [3.8, 4) is 5.88 Å². The smallest absolute Gasteiger partial charge is 0.255 e. The second kappa shape index (κ2) is 7.04. The standard InChI is InChI=1S/C12H20FN3O/c1-4-6-9(3)8-17-11-10(13)7-15-12(16-11)14-5-2/h7,9H,4-6,8H2,1-3H3,(H,14,15,16). The summed E-state index contributed by atoms with van der Waals surface area (Å²) >= 11 is 0. The van der Waals surface area contributed by atoms with Gasteiger partial charge in [0.25, 0.3) is 5.88 Å². The highest BCUT2D eigenvalue weighted by atomic mass is 19.1. The fourth-order valence-electron chi connectivity index (χ4n) is 1.49. The van der Waals surface area contributed by atoms with E-state index in [1.165, 1.54) is 0 Å². The molecule has 0 saturated heterocycles. The van der Waals surface area contributed by atoms with Crippen LogP contribution < -0.4 is 10.1 Å². The summed E-state index contributed by atoms with van der Waals surface area (Å²) < 4.78 is 18.7. The zero-order chi connectivity index (χ0) is 12.7. The van der Waals surface area contributed by atoms with Crippen LogP contribution in [-0.4, -0.2) is 23.1 Å². The Morgan fingerprint density at radius 1 is 1.47 bits per heavy atom. The molecule has 0 fully saturated rings. The molecule has 0 bridgehead atoms. The first-order valence-electron chi connectivity index (χ1n) is 6.06. The molecule has 1 unspecified atom stereocenters. The van der Waals surface area contributed by atoms with Gasteiger partial charge in [0.1, 0.15) is 0 Å². The van der Waals surface area contributed by atoms with Crippen molar-refractivity contribution in [1.29, 1.82) is 0 Å². The molecule has 1 rings (SSSR count). The van der Waals surface area contributed by atoms with Crippen molar-refractivity contribution in [2.75, 3.05) is 18.5 Å². The van der Waals surface area contributed by atoms with Gasteiger partial charge in [-0.3, -0.25) is 0 Å². The second-order valence-corrected chi connectivity index (χ2v) is 4.08. The van der Waals surface area contributed by atoms with E-state index in [1.54, 1.807) is 0 Å². The number of ether oxygens (including phenoxy) is 1. The highest BCUT2D eigenvalue weighted by molar-refractivity contribution is 5.27. The lowest BCUT2D eigenvalue weighted by Crippen LogP contribution is -2.11. The summed E-state index contributed by atoms with van der Waals surface area (Å²) in [5, 5.41) is 2.92. The molecule has 0 radical (unpaired) electrons. The predicted molar refractivity (Wildman–Crippen MR) is 65.7 cm³/mol. The molecule has 5 heteroatoms. The van der Waals surface area contributed by atoms with Crippen molar-refractivity contribution < 1.29 is 9.13 Å². The zero-order valence-electron chi connectivity index (χ0n) is 10.7. The molecule has 0 amide bonds. The number of hydrogen-bond acceptors (Lipinski definition) is 4. The maximum absolute atomic E-state index is 13.4. The first kappa shape index (κ1) is 13.7. The number of nitrogens with zero attached hydrogens (tertiary/aromatic N) is 2. The molecule has 96 valence electrons. The first-order chi connectivity index (χ1) is 8.17. The van der Waals surface area contributed by atoms with E-state index in [-0.39, 0.29) is 5.88 Å². The van der Waals surface area contributed by atoms with E-state index in [9.17, 15) is 4.39 Å². The maximum atomic E-state index is 13.4. The molecule has 1 aromatic rings. The van der Waals surface area contributed by atoms with Crippen LogP contribution in [-0.2, 0) is 0 Å². The molecule has 17 heavy (non-hydrogen) atoms. The molecule has 0 aromatic carbocycles. The average Bonchev–Trinajstić information content (AvgIpc) is 2.30. The number of aromatic nitrogens is 2. The molecule has 1 heterocycles. The van der Waals surface area contributed by atoms with Gasteiger partial charge in [-0.1, -0.05) is 20.3 Å².